The monoisotopic (exact) mass is 312 g/mol. The van der Waals surface area contributed by atoms with E-state index in [4.69, 9.17) is 0 Å². The highest BCUT2D eigenvalue weighted by atomic mass is 16.2. The van der Waals surface area contributed by atoms with Crippen LogP contribution in [-0.2, 0) is 4.79 Å². The zero-order chi connectivity index (χ0) is 17.2. The maximum absolute atomic E-state index is 12.2. The summed E-state index contributed by atoms with van der Waals surface area (Å²) in [6.07, 6.45) is 2.22. The Hall–Kier alpha value is -1.26. The summed E-state index contributed by atoms with van der Waals surface area (Å²) in [5.41, 5.74) is 0.346. The Bertz CT molecular complexity index is 343. The first-order chi connectivity index (χ1) is 10.2. The Labute approximate surface area is 137 Å². The third-order valence-electron chi connectivity index (χ3n) is 3.53. The zero-order valence-electron chi connectivity index (χ0n) is 15.7. The lowest BCUT2D eigenvalue weighted by molar-refractivity contribution is -0.131. The maximum Gasteiger partial charge on any atom is 0.242 e. The quantitative estimate of drug-likeness (QED) is 0.426. The molecular formula is C17H36N4O. The lowest BCUT2D eigenvalue weighted by Gasteiger charge is -2.25. The molecule has 22 heavy (non-hydrogen) atoms. The van der Waals surface area contributed by atoms with Crippen molar-refractivity contribution in [1.29, 1.82) is 0 Å². The first-order valence-electron chi connectivity index (χ1n) is 8.52. The Morgan fingerprint density at radius 2 is 1.73 bits per heavy atom. The van der Waals surface area contributed by atoms with Crippen LogP contribution in [0, 0.1) is 5.41 Å². The molecule has 1 N–H and O–H groups in total. The highest BCUT2D eigenvalue weighted by Crippen LogP contribution is 2.20. The molecule has 0 radical (unpaired) electrons. The van der Waals surface area contributed by atoms with Crippen LogP contribution in [0.1, 0.15) is 54.4 Å². The lowest BCUT2D eigenvalue weighted by Crippen LogP contribution is -2.45. The summed E-state index contributed by atoms with van der Waals surface area (Å²) in [4.78, 5) is 20.6. The van der Waals surface area contributed by atoms with Gasteiger partial charge >= 0.3 is 0 Å². The first kappa shape index (κ1) is 20.7. The number of nitrogens with zero attached hydrogens (tertiary/aromatic N) is 3. The number of rotatable bonds is 8. The van der Waals surface area contributed by atoms with Crippen LogP contribution in [-0.4, -0.2) is 61.4 Å². The molecule has 0 aromatic rings. The molecule has 0 bridgehead atoms. The SMILES string of the molecule is CCNC(=NCCCC(C)(C)C)N(C)CC(=O)N(CC)CC. The number of carbonyl (C=O) groups excluding carboxylic acids is 1. The Morgan fingerprint density at radius 1 is 1.14 bits per heavy atom. The molecule has 0 rings (SSSR count). The van der Waals surface area contributed by atoms with E-state index in [0.29, 0.717) is 12.0 Å². The van der Waals surface area contributed by atoms with Gasteiger partial charge in [0.15, 0.2) is 5.96 Å². The highest BCUT2D eigenvalue weighted by molar-refractivity contribution is 5.86. The van der Waals surface area contributed by atoms with Gasteiger partial charge in [0, 0.05) is 33.2 Å². The fourth-order valence-electron chi connectivity index (χ4n) is 2.22. The zero-order valence-corrected chi connectivity index (χ0v) is 15.7. The Kier molecular flexibility index (Phi) is 9.86. The molecule has 0 unspecified atom stereocenters. The van der Waals surface area contributed by atoms with E-state index in [1.807, 2.05) is 37.6 Å². The van der Waals surface area contributed by atoms with Gasteiger partial charge in [-0.3, -0.25) is 9.79 Å². The van der Waals surface area contributed by atoms with Crippen LogP contribution < -0.4 is 5.32 Å². The summed E-state index contributed by atoms with van der Waals surface area (Å²) in [6, 6.07) is 0. The van der Waals surface area contributed by atoms with Gasteiger partial charge in [0.1, 0.15) is 0 Å². The molecule has 0 aliphatic rings. The van der Waals surface area contributed by atoms with E-state index in [2.05, 4.69) is 31.1 Å². The van der Waals surface area contributed by atoms with Gasteiger partial charge in [0.25, 0.3) is 0 Å². The highest BCUT2D eigenvalue weighted by Gasteiger charge is 2.15. The third-order valence-corrected chi connectivity index (χ3v) is 3.53. The van der Waals surface area contributed by atoms with Gasteiger partial charge in [-0.1, -0.05) is 20.8 Å². The van der Waals surface area contributed by atoms with E-state index in [9.17, 15) is 4.79 Å². The molecular weight excluding hydrogens is 276 g/mol. The minimum Gasteiger partial charge on any atom is -0.357 e. The van der Waals surface area contributed by atoms with Crippen molar-refractivity contribution in [3.63, 3.8) is 0 Å². The summed E-state index contributed by atoms with van der Waals surface area (Å²) in [5.74, 6) is 0.963. The molecule has 130 valence electrons. The lowest BCUT2D eigenvalue weighted by atomic mass is 9.91. The fraction of sp³-hybridized carbons (Fsp3) is 0.882. The molecule has 0 saturated heterocycles. The summed E-state index contributed by atoms with van der Waals surface area (Å²) in [5, 5.41) is 3.27. The van der Waals surface area contributed by atoms with Crippen LogP contribution in [0.25, 0.3) is 0 Å². The van der Waals surface area contributed by atoms with Crippen LogP contribution in [0.15, 0.2) is 4.99 Å². The van der Waals surface area contributed by atoms with E-state index >= 15 is 0 Å². The van der Waals surface area contributed by atoms with Gasteiger partial charge < -0.3 is 15.1 Å². The summed E-state index contributed by atoms with van der Waals surface area (Å²) >= 11 is 0. The van der Waals surface area contributed by atoms with Crippen LogP contribution >= 0.6 is 0 Å². The van der Waals surface area contributed by atoms with Gasteiger partial charge in [-0.15, -0.1) is 0 Å². The van der Waals surface area contributed by atoms with Crippen molar-refractivity contribution >= 4 is 11.9 Å². The van der Waals surface area contributed by atoms with Crippen LogP contribution in [0.2, 0.25) is 0 Å². The largest absolute Gasteiger partial charge is 0.357 e. The molecule has 0 aromatic carbocycles. The smallest absolute Gasteiger partial charge is 0.242 e. The minimum absolute atomic E-state index is 0.146. The van der Waals surface area contributed by atoms with Crippen molar-refractivity contribution in [3.05, 3.63) is 0 Å². The number of hydrogen-bond acceptors (Lipinski definition) is 2. The van der Waals surface area contributed by atoms with Gasteiger partial charge in [0.05, 0.1) is 6.54 Å². The standard InChI is InChI=1S/C17H36N4O/c1-8-18-16(19-13-11-12-17(4,5)6)20(7)14-15(22)21(9-2)10-3/h8-14H2,1-7H3,(H,18,19). The average molecular weight is 313 g/mol. The van der Waals surface area contributed by atoms with Gasteiger partial charge in [-0.25, -0.2) is 0 Å². The molecule has 5 nitrogen and oxygen atoms in total. The number of carbonyl (C=O) groups is 1. The Balaban J connectivity index is 4.55. The van der Waals surface area contributed by atoms with E-state index in [1.165, 1.54) is 0 Å². The van der Waals surface area contributed by atoms with E-state index in [-0.39, 0.29) is 5.91 Å². The van der Waals surface area contributed by atoms with E-state index in [0.717, 1.165) is 45.0 Å². The molecule has 0 aliphatic carbocycles. The molecule has 0 heterocycles. The van der Waals surface area contributed by atoms with E-state index in [1.54, 1.807) is 0 Å². The molecule has 0 spiro atoms. The second kappa shape index (κ2) is 10.5. The fourth-order valence-corrected chi connectivity index (χ4v) is 2.22. The number of guanidine groups is 1. The van der Waals surface area contributed by atoms with Crippen molar-refractivity contribution in [1.82, 2.24) is 15.1 Å². The molecule has 5 heteroatoms. The topological polar surface area (TPSA) is 47.9 Å². The van der Waals surface area contributed by atoms with Crippen molar-refractivity contribution in [2.45, 2.75) is 54.4 Å². The minimum atomic E-state index is 0.146. The van der Waals surface area contributed by atoms with Crippen molar-refractivity contribution < 1.29 is 4.79 Å². The molecule has 0 aliphatic heterocycles. The van der Waals surface area contributed by atoms with E-state index < -0.39 is 0 Å². The molecule has 0 fully saturated rings. The van der Waals surface area contributed by atoms with Crippen LogP contribution in [0.5, 0.6) is 0 Å². The predicted molar refractivity (Wildman–Crippen MR) is 95.2 cm³/mol. The number of likely N-dealkylation sites (N-methyl/N-ethyl adjacent to an activating group) is 2. The molecule has 0 aromatic heterocycles. The van der Waals surface area contributed by atoms with Crippen molar-refractivity contribution in [3.8, 4) is 0 Å². The van der Waals surface area contributed by atoms with Gasteiger partial charge in [0.2, 0.25) is 5.91 Å². The van der Waals surface area contributed by atoms with Gasteiger partial charge in [-0.2, -0.15) is 0 Å². The third kappa shape index (κ3) is 8.90. The average Bonchev–Trinajstić information content (AvgIpc) is 2.42. The second-order valence-electron chi connectivity index (χ2n) is 6.82. The first-order valence-corrected chi connectivity index (χ1v) is 8.52. The second-order valence-corrected chi connectivity index (χ2v) is 6.82. The number of amides is 1. The Morgan fingerprint density at radius 3 is 2.18 bits per heavy atom. The summed E-state index contributed by atoms with van der Waals surface area (Å²) < 4.78 is 0. The number of hydrogen-bond donors (Lipinski definition) is 1. The summed E-state index contributed by atoms with van der Waals surface area (Å²) in [7, 11) is 1.92. The molecule has 0 saturated carbocycles. The van der Waals surface area contributed by atoms with Crippen LogP contribution in [0.3, 0.4) is 0 Å². The van der Waals surface area contributed by atoms with Crippen molar-refractivity contribution in [2.24, 2.45) is 10.4 Å². The number of aliphatic imine (C=N–C) groups is 1. The summed E-state index contributed by atoms with van der Waals surface area (Å²) in [6.45, 7) is 16.3. The normalized spacial score (nSPS) is 12.2. The van der Waals surface area contributed by atoms with Gasteiger partial charge in [-0.05, 0) is 39.0 Å². The predicted octanol–water partition coefficient (Wildman–Crippen LogP) is 2.58. The molecule has 0 atom stereocenters. The van der Waals surface area contributed by atoms with Crippen LogP contribution in [0.4, 0.5) is 0 Å². The van der Waals surface area contributed by atoms with Crippen molar-refractivity contribution in [2.75, 3.05) is 39.8 Å². The number of nitrogens with one attached hydrogen (secondary N) is 1. The maximum atomic E-state index is 12.2. The molecule has 1 amide bonds.